The number of rotatable bonds is 6. The molecular formula is C12H21NO3. The predicted molar refractivity (Wildman–Crippen MR) is 61.8 cm³/mol. The fraction of sp³-hybridized carbons (Fsp3) is 0.917. The van der Waals surface area contributed by atoms with Gasteiger partial charge in [0.25, 0.3) is 0 Å². The largest absolute Gasteiger partial charge is 0.299 e. The van der Waals surface area contributed by atoms with Gasteiger partial charge in [-0.2, -0.15) is 0 Å². The summed E-state index contributed by atoms with van der Waals surface area (Å²) in [5.41, 5.74) is 0. The van der Waals surface area contributed by atoms with E-state index in [4.69, 9.17) is 0 Å². The topological polar surface area (TPSA) is 60.2 Å². The average molecular weight is 227 g/mol. The standard InChI is InChI=1S/C12H21NO3/c1-2-3-6-10(9-13(15)16)11-7-4-5-8-12(11)14/h10-11H,2-9H2,1H3/t10-,11+/m1/s1. The smallest absolute Gasteiger partial charge is 0.207 e. The van der Waals surface area contributed by atoms with Crippen LogP contribution in [0.5, 0.6) is 0 Å². The second kappa shape index (κ2) is 6.61. The second-order valence-electron chi connectivity index (χ2n) is 4.74. The van der Waals surface area contributed by atoms with Crippen LogP contribution in [-0.2, 0) is 4.79 Å². The Morgan fingerprint density at radius 1 is 1.50 bits per heavy atom. The van der Waals surface area contributed by atoms with Gasteiger partial charge in [0.2, 0.25) is 6.54 Å². The maximum Gasteiger partial charge on any atom is 0.207 e. The minimum absolute atomic E-state index is 0.0252. The molecular weight excluding hydrogens is 206 g/mol. The van der Waals surface area contributed by atoms with Gasteiger partial charge in [-0.15, -0.1) is 0 Å². The van der Waals surface area contributed by atoms with Crippen LogP contribution in [0.4, 0.5) is 0 Å². The summed E-state index contributed by atoms with van der Waals surface area (Å²) < 4.78 is 0. The summed E-state index contributed by atoms with van der Waals surface area (Å²) in [5, 5.41) is 10.6. The summed E-state index contributed by atoms with van der Waals surface area (Å²) in [5.74, 6) is 0.197. The molecule has 0 N–H and O–H groups in total. The van der Waals surface area contributed by atoms with Crippen LogP contribution in [0.1, 0.15) is 51.9 Å². The van der Waals surface area contributed by atoms with Crippen LogP contribution in [0.15, 0.2) is 0 Å². The zero-order valence-electron chi connectivity index (χ0n) is 9.98. The SMILES string of the molecule is CCCC[C@H](C[N+](=O)[O-])[C@@H]1CCCCC1=O. The van der Waals surface area contributed by atoms with E-state index in [1.54, 1.807) is 0 Å². The van der Waals surface area contributed by atoms with Gasteiger partial charge in [0, 0.05) is 23.2 Å². The molecule has 0 saturated heterocycles. The lowest BCUT2D eigenvalue weighted by Gasteiger charge is -2.26. The summed E-state index contributed by atoms with van der Waals surface area (Å²) >= 11 is 0. The molecule has 92 valence electrons. The van der Waals surface area contributed by atoms with Crippen molar-refractivity contribution < 1.29 is 9.72 Å². The van der Waals surface area contributed by atoms with Gasteiger partial charge in [-0.3, -0.25) is 14.9 Å². The van der Waals surface area contributed by atoms with Crippen molar-refractivity contribution >= 4 is 5.78 Å². The Balaban J connectivity index is 2.57. The molecule has 1 aliphatic rings. The molecule has 16 heavy (non-hydrogen) atoms. The third-order valence-electron chi connectivity index (χ3n) is 3.48. The fourth-order valence-electron chi connectivity index (χ4n) is 2.59. The van der Waals surface area contributed by atoms with Crippen molar-refractivity contribution in [3.05, 3.63) is 10.1 Å². The first-order valence-corrected chi connectivity index (χ1v) is 6.29. The molecule has 1 fully saturated rings. The zero-order valence-corrected chi connectivity index (χ0v) is 9.98. The van der Waals surface area contributed by atoms with E-state index >= 15 is 0 Å². The van der Waals surface area contributed by atoms with Crippen LogP contribution in [0.2, 0.25) is 0 Å². The van der Waals surface area contributed by atoms with E-state index < -0.39 is 0 Å². The number of hydrogen-bond acceptors (Lipinski definition) is 3. The zero-order chi connectivity index (χ0) is 12.0. The number of hydrogen-bond donors (Lipinski definition) is 0. The number of carbonyl (C=O) groups excluding carboxylic acids is 1. The van der Waals surface area contributed by atoms with Crippen LogP contribution < -0.4 is 0 Å². The maximum absolute atomic E-state index is 11.8. The number of nitro groups is 1. The van der Waals surface area contributed by atoms with Crippen molar-refractivity contribution in [3.8, 4) is 0 Å². The summed E-state index contributed by atoms with van der Waals surface area (Å²) in [6.07, 6.45) is 6.36. The molecule has 0 aromatic rings. The summed E-state index contributed by atoms with van der Waals surface area (Å²) in [6.45, 7) is 2.04. The summed E-state index contributed by atoms with van der Waals surface area (Å²) in [7, 11) is 0. The van der Waals surface area contributed by atoms with Crippen molar-refractivity contribution in [2.45, 2.75) is 51.9 Å². The van der Waals surface area contributed by atoms with Crippen molar-refractivity contribution in [2.75, 3.05) is 6.54 Å². The van der Waals surface area contributed by atoms with Gasteiger partial charge in [0.1, 0.15) is 5.78 Å². The van der Waals surface area contributed by atoms with Gasteiger partial charge in [-0.1, -0.05) is 26.2 Å². The lowest BCUT2D eigenvalue weighted by molar-refractivity contribution is -0.489. The molecule has 4 heteroatoms. The Morgan fingerprint density at radius 3 is 2.81 bits per heavy atom. The Hall–Kier alpha value is -0.930. The Labute approximate surface area is 96.6 Å². The molecule has 0 aliphatic heterocycles. The van der Waals surface area contributed by atoms with Gasteiger partial charge in [0.05, 0.1) is 0 Å². The molecule has 2 atom stereocenters. The number of nitrogens with zero attached hydrogens (tertiary/aromatic N) is 1. The van der Waals surface area contributed by atoms with Crippen LogP contribution in [-0.4, -0.2) is 17.3 Å². The highest BCUT2D eigenvalue weighted by molar-refractivity contribution is 5.81. The molecule has 0 aromatic carbocycles. The Morgan fingerprint density at radius 2 is 2.25 bits per heavy atom. The van der Waals surface area contributed by atoms with Gasteiger partial charge < -0.3 is 0 Å². The van der Waals surface area contributed by atoms with E-state index in [-0.39, 0.29) is 29.1 Å². The summed E-state index contributed by atoms with van der Waals surface area (Å²) in [6, 6.07) is 0. The molecule has 1 rings (SSSR count). The van der Waals surface area contributed by atoms with Gasteiger partial charge >= 0.3 is 0 Å². The average Bonchev–Trinajstić information content (AvgIpc) is 2.24. The lowest BCUT2D eigenvalue weighted by atomic mass is 9.77. The molecule has 0 bridgehead atoms. The van der Waals surface area contributed by atoms with E-state index in [0.717, 1.165) is 38.5 Å². The molecule has 0 heterocycles. The van der Waals surface area contributed by atoms with Crippen molar-refractivity contribution in [1.82, 2.24) is 0 Å². The normalized spacial score (nSPS) is 23.1. The van der Waals surface area contributed by atoms with Crippen LogP contribution >= 0.6 is 0 Å². The molecule has 0 radical (unpaired) electrons. The minimum Gasteiger partial charge on any atom is -0.299 e. The highest BCUT2D eigenvalue weighted by atomic mass is 16.6. The molecule has 0 unspecified atom stereocenters. The predicted octanol–water partition coefficient (Wildman–Crippen LogP) is 2.83. The van der Waals surface area contributed by atoms with E-state index in [0.29, 0.717) is 6.42 Å². The number of carbonyl (C=O) groups is 1. The fourth-order valence-corrected chi connectivity index (χ4v) is 2.59. The molecule has 0 spiro atoms. The van der Waals surface area contributed by atoms with Crippen molar-refractivity contribution in [3.63, 3.8) is 0 Å². The van der Waals surface area contributed by atoms with Gasteiger partial charge in [-0.05, 0) is 19.3 Å². The first-order valence-electron chi connectivity index (χ1n) is 6.29. The molecule has 4 nitrogen and oxygen atoms in total. The second-order valence-corrected chi connectivity index (χ2v) is 4.74. The van der Waals surface area contributed by atoms with Crippen molar-refractivity contribution in [1.29, 1.82) is 0 Å². The maximum atomic E-state index is 11.8. The van der Waals surface area contributed by atoms with Gasteiger partial charge in [0.15, 0.2) is 0 Å². The minimum atomic E-state index is -0.262. The Bertz CT molecular complexity index is 253. The number of Topliss-reactive ketones (excluding diaryl/α,β-unsaturated/α-hetero) is 1. The van der Waals surface area contributed by atoms with E-state index in [1.807, 2.05) is 0 Å². The number of unbranched alkanes of at least 4 members (excludes halogenated alkanes) is 1. The lowest BCUT2D eigenvalue weighted by Crippen LogP contribution is -2.31. The van der Waals surface area contributed by atoms with Crippen LogP contribution in [0.3, 0.4) is 0 Å². The van der Waals surface area contributed by atoms with E-state index in [2.05, 4.69) is 6.92 Å². The van der Waals surface area contributed by atoms with Crippen molar-refractivity contribution in [2.24, 2.45) is 11.8 Å². The van der Waals surface area contributed by atoms with Crippen LogP contribution in [0.25, 0.3) is 0 Å². The third-order valence-corrected chi connectivity index (χ3v) is 3.48. The third kappa shape index (κ3) is 3.91. The molecule has 1 saturated carbocycles. The molecule has 1 aliphatic carbocycles. The van der Waals surface area contributed by atoms with Gasteiger partial charge in [-0.25, -0.2) is 0 Å². The first kappa shape index (κ1) is 13.1. The summed E-state index contributed by atoms with van der Waals surface area (Å²) in [4.78, 5) is 22.1. The van der Waals surface area contributed by atoms with E-state index in [9.17, 15) is 14.9 Å². The highest BCUT2D eigenvalue weighted by Gasteiger charge is 2.32. The molecule has 0 amide bonds. The first-order chi connectivity index (χ1) is 7.65. The van der Waals surface area contributed by atoms with E-state index in [1.165, 1.54) is 0 Å². The molecule has 0 aromatic heterocycles. The van der Waals surface area contributed by atoms with Crippen LogP contribution in [0, 0.1) is 22.0 Å². The number of ketones is 1. The highest BCUT2D eigenvalue weighted by Crippen LogP contribution is 2.30. The quantitative estimate of drug-likeness (QED) is 0.518. The Kier molecular flexibility index (Phi) is 5.43. The monoisotopic (exact) mass is 227 g/mol.